The summed E-state index contributed by atoms with van der Waals surface area (Å²) >= 11 is 0. The van der Waals surface area contributed by atoms with Gasteiger partial charge in [-0.15, -0.1) is 0 Å². The molecule has 0 spiro atoms. The van der Waals surface area contributed by atoms with Crippen LogP contribution in [0.15, 0.2) is 28.7 Å². The van der Waals surface area contributed by atoms with Gasteiger partial charge in [-0.2, -0.15) is 5.26 Å². The first kappa shape index (κ1) is 17.7. The predicted octanol–water partition coefficient (Wildman–Crippen LogP) is 1.65. The average Bonchev–Trinajstić information content (AvgIpc) is 2.68. The molecule has 3 heterocycles. The second-order valence-electron chi connectivity index (χ2n) is 6.34. The predicted molar refractivity (Wildman–Crippen MR) is 99.9 cm³/mol. The topological polar surface area (TPSA) is 90.5 Å². The highest BCUT2D eigenvalue weighted by molar-refractivity contribution is 6.02. The van der Waals surface area contributed by atoms with Crippen molar-refractivity contribution in [2.75, 3.05) is 25.0 Å². The van der Waals surface area contributed by atoms with Crippen LogP contribution >= 0.6 is 0 Å². The van der Waals surface area contributed by atoms with Crippen LogP contribution in [0.4, 0.5) is 5.82 Å². The van der Waals surface area contributed by atoms with Gasteiger partial charge >= 0.3 is 0 Å². The molecule has 0 aromatic carbocycles. The fraction of sp³-hybridized carbons (Fsp3) is 0.368. The number of nitrogens with one attached hydrogen (secondary N) is 1. The van der Waals surface area contributed by atoms with E-state index in [0.29, 0.717) is 11.5 Å². The normalized spacial score (nSPS) is 15.0. The van der Waals surface area contributed by atoms with Gasteiger partial charge in [0.25, 0.3) is 11.5 Å². The Balaban J connectivity index is 2.30. The number of likely N-dealkylation sites (N-methyl/N-ethyl adjacent to an activating group) is 1. The number of hydrogen-bond donors (Lipinski definition) is 1. The maximum Gasteiger partial charge on any atom is 0.267 e. The molecule has 7 nitrogen and oxygen atoms in total. The molecule has 1 aliphatic heterocycles. The van der Waals surface area contributed by atoms with Gasteiger partial charge in [-0.25, -0.2) is 4.98 Å². The lowest BCUT2D eigenvalue weighted by molar-refractivity contribution is -0.116. The number of carbonyl (C=O) groups excluding carboxylic acids is 1. The van der Waals surface area contributed by atoms with Crippen molar-refractivity contribution < 1.29 is 4.79 Å². The first-order chi connectivity index (χ1) is 12.6. The Bertz CT molecular complexity index is 978. The Labute approximate surface area is 151 Å². The second kappa shape index (κ2) is 7.40. The zero-order valence-corrected chi connectivity index (χ0v) is 15.0. The Kier molecular flexibility index (Phi) is 5.03. The second-order valence-corrected chi connectivity index (χ2v) is 6.34. The number of piperidine rings is 1. The van der Waals surface area contributed by atoms with Crippen LogP contribution in [0.5, 0.6) is 0 Å². The monoisotopic (exact) mass is 351 g/mol. The highest BCUT2D eigenvalue weighted by atomic mass is 16.1. The molecule has 1 aliphatic rings. The third-order valence-electron chi connectivity index (χ3n) is 4.60. The highest BCUT2D eigenvalue weighted by Crippen LogP contribution is 2.23. The van der Waals surface area contributed by atoms with E-state index in [-0.39, 0.29) is 16.7 Å². The van der Waals surface area contributed by atoms with E-state index < -0.39 is 5.91 Å². The smallest absolute Gasteiger partial charge is 0.267 e. The Morgan fingerprint density at radius 3 is 2.73 bits per heavy atom. The minimum absolute atomic E-state index is 0.114. The molecule has 2 aromatic heterocycles. The number of carbonyl (C=O) groups is 1. The van der Waals surface area contributed by atoms with Crippen molar-refractivity contribution in [1.29, 1.82) is 5.26 Å². The van der Waals surface area contributed by atoms with Gasteiger partial charge in [-0.1, -0.05) is 6.07 Å². The zero-order valence-electron chi connectivity index (χ0n) is 15.0. The van der Waals surface area contributed by atoms with E-state index in [4.69, 9.17) is 4.98 Å². The summed E-state index contributed by atoms with van der Waals surface area (Å²) in [6.07, 6.45) is 6.21. The maximum absolute atomic E-state index is 13.1. The van der Waals surface area contributed by atoms with Gasteiger partial charge in [0.2, 0.25) is 0 Å². The molecule has 26 heavy (non-hydrogen) atoms. The first-order valence-electron chi connectivity index (χ1n) is 8.67. The molecule has 0 unspecified atom stereocenters. The van der Waals surface area contributed by atoms with Gasteiger partial charge in [0.15, 0.2) is 0 Å². The Hall–Kier alpha value is -3.14. The van der Waals surface area contributed by atoms with Crippen molar-refractivity contribution in [2.24, 2.45) is 0 Å². The van der Waals surface area contributed by atoms with Crippen molar-refractivity contribution in [3.63, 3.8) is 0 Å². The van der Waals surface area contributed by atoms with Crippen LogP contribution in [-0.4, -0.2) is 35.4 Å². The number of rotatable bonds is 3. The SMILES string of the molecule is CNC(=O)/C(C#N)=C\c1c(N2CCCCC2)nc2c(C)cccn2c1=O. The minimum Gasteiger partial charge on any atom is -0.356 e. The van der Waals surface area contributed by atoms with Crippen molar-refractivity contribution in [2.45, 2.75) is 26.2 Å². The number of aromatic nitrogens is 2. The lowest BCUT2D eigenvalue weighted by atomic mass is 10.1. The molecule has 3 rings (SSSR count). The van der Waals surface area contributed by atoms with E-state index in [1.807, 2.05) is 19.1 Å². The molecule has 0 atom stereocenters. The summed E-state index contributed by atoms with van der Waals surface area (Å²) in [5, 5.41) is 11.7. The van der Waals surface area contributed by atoms with E-state index in [1.54, 1.807) is 12.3 Å². The molecule has 1 fully saturated rings. The molecule has 2 aromatic rings. The van der Waals surface area contributed by atoms with Gasteiger partial charge < -0.3 is 10.2 Å². The summed E-state index contributed by atoms with van der Waals surface area (Å²) in [4.78, 5) is 31.8. The molecule has 134 valence electrons. The summed E-state index contributed by atoms with van der Waals surface area (Å²) in [5.41, 5.74) is 1.36. The molecule has 1 saturated heterocycles. The molecule has 1 amide bonds. The molecule has 1 N–H and O–H groups in total. The summed E-state index contributed by atoms with van der Waals surface area (Å²) in [6.45, 7) is 3.51. The number of amides is 1. The van der Waals surface area contributed by atoms with Gasteiger partial charge in [0.1, 0.15) is 23.1 Å². The van der Waals surface area contributed by atoms with Crippen LogP contribution in [0, 0.1) is 18.3 Å². The third-order valence-corrected chi connectivity index (χ3v) is 4.60. The summed E-state index contributed by atoms with van der Waals surface area (Å²) in [7, 11) is 1.45. The van der Waals surface area contributed by atoms with Crippen LogP contribution in [0.2, 0.25) is 0 Å². The average molecular weight is 351 g/mol. The lowest BCUT2D eigenvalue weighted by Gasteiger charge is -2.29. The number of fused-ring (bicyclic) bond motifs is 1. The van der Waals surface area contributed by atoms with Gasteiger partial charge in [-0.05, 0) is 43.9 Å². The van der Waals surface area contributed by atoms with Crippen LogP contribution in [0.25, 0.3) is 11.7 Å². The number of anilines is 1. The molecule has 7 heteroatoms. The number of hydrogen-bond acceptors (Lipinski definition) is 5. The number of aryl methyl sites for hydroxylation is 1. The van der Waals surface area contributed by atoms with Crippen molar-refractivity contribution in [1.82, 2.24) is 14.7 Å². The summed E-state index contributed by atoms with van der Waals surface area (Å²) in [5.74, 6) is 0.0199. The van der Waals surface area contributed by atoms with Crippen LogP contribution in [0.3, 0.4) is 0 Å². The Morgan fingerprint density at radius 1 is 1.35 bits per heavy atom. The number of nitriles is 1. The van der Waals surface area contributed by atoms with Gasteiger partial charge in [0.05, 0.1) is 5.56 Å². The summed E-state index contributed by atoms with van der Waals surface area (Å²) in [6, 6.07) is 5.56. The fourth-order valence-corrected chi connectivity index (χ4v) is 3.20. The largest absolute Gasteiger partial charge is 0.356 e. The van der Waals surface area contributed by atoms with E-state index in [0.717, 1.165) is 37.9 Å². The molecule has 0 aliphatic carbocycles. The number of nitrogens with zero attached hydrogens (tertiary/aromatic N) is 4. The fourth-order valence-electron chi connectivity index (χ4n) is 3.20. The van der Waals surface area contributed by atoms with E-state index >= 15 is 0 Å². The van der Waals surface area contributed by atoms with Crippen molar-refractivity contribution in [3.05, 3.63) is 45.4 Å². The molecule has 0 saturated carbocycles. The van der Waals surface area contributed by atoms with E-state index in [2.05, 4.69) is 10.2 Å². The maximum atomic E-state index is 13.1. The van der Waals surface area contributed by atoms with E-state index in [1.165, 1.54) is 17.5 Å². The minimum atomic E-state index is -0.522. The van der Waals surface area contributed by atoms with Gasteiger partial charge in [0, 0.05) is 26.3 Å². The van der Waals surface area contributed by atoms with Gasteiger partial charge in [-0.3, -0.25) is 14.0 Å². The quantitative estimate of drug-likeness (QED) is 0.671. The molecular formula is C19H21N5O2. The third kappa shape index (κ3) is 3.18. The molecular weight excluding hydrogens is 330 g/mol. The Morgan fingerprint density at radius 2 is 2.08 bits per heavy atom. The van der Waals surface area contributed by atoms with Crippen molar-refractivity contribution in [3.8, 4) is 6.07 Å². The van der Waals surface area contributed by atoms with Crippen LogP contribution in [0.1, 0.15) is 30.4 Å². The number of pyridine rings is 1. The molecule has 0 radical (unpaired) electrons. The standard InChI is InChI=1S/C19H21N5O2/c1-13-7-6-10-24-16(13)22-17(23-8-4-3-5-9-23)15(19(24)26)11-14(12-20)18(25)21-2/h6-7,10-11H,3-5,8-9H2,1-2H3,(H,21,25)/b14-11-. The first-order valence-corrected chi connectivity index (χ1v) is 8.67. The lowest BCUT2D eigenvalue weighted by Crippen LogP contribution is -2.34. The summed E-state index contributed by atoms with van der Waals surface area (Å²) < 4.78 is 1.47. The van der Waals surface area contributed by atoms with E-state index in [9.17, 15) is 14.9 Å². The van der Waals surface area contributed by atoms with Crippen molar-refractivity contribution >= 4 is 23.4 Å². The van der Waals surface area contributed by atoms with Crippen LogP contribution < -0.4 is 15.8 Å². The highest BCUT2D eigenvalue weighted by Gasteiger charge is 2.21. The molecule has 0 bridgehead atoms. The van der Waals surface area contributed by atoms with Crippen LogP contribution in [-0.2, 0) is 4.79 Å². The zero-order chi connectivity index (χ0) is 18.7.